The Labute approximate surface area is 136 Å². The average Bonchev–Trinajstić information content (AvgIpc) is 2.55. The Balaban J connectivity index is 2.01. The van der Waals surface area contributed by atoms with Gasteiger partial charge in [-0.25, -0.2) is 4.79 Å². The molecule has 22 heavy (non-hydrogen) atoms. The standard InChI is InChI=1S/C16H23ClN2O3/c1-3-16(11-20)7-9-19(10-8-16)15(21)18-13-6-4-5-12(17)14(13)22-2/h4-6,20H,3,7-11H2,1-2H3,(H,18,21). The number of aliphatic hydroxyl groups is 1. The number of rotatable bonds is 4. The third-order valence-corrected chi connectivity index (χ3v) is 4.91. The number of carbonyl (C=O) groups excluding carboxylic acids is 1. The number of ether oxygens (including phenoxy) is 1. The predicted molar refractivity (Wildman–Crippen MR) is 87.6 cm³/mol. The molecule has 0 aromatic heterocycles. The summed E-state index contributed by atoms with van der Waals surface area (Å²) in [6.07, 6.45) is 2.57. The van der Waals surface area contributed by atoms with Crippen molar-refractivity contribution in [2.75, 3.05) is 32.1 Å². The molecule has 2 rings (SSSR count). The number of amides is 2. The van der Waals surface area contributed by atoms with E-state index < -0.39 is 0 Å². The SMILES string of the molecule is CCC1(CO)CCN(C(=O)Nc2cccc(Cl)c2OC)CC1. The maximum absolute atomic E-state index is 12.4. The molecule has 5 nitrogen and oxygen atoms in total. The molecule has 1 saturated heterocycles. The summed E-state index contributed by atoms with van der Waals surface area (Å²) in [5.74, 6) is 0.466. The molecule has 6 heteroatoms. The van der Waals surface area contributed by atoms with Crippen molar-refractivity contribution in [2.24, 2.45) is 5.41 Å². The first-order valence-electron chi connectivity index (χ1n) is 7.54. The second-order valence-corrected chi connectivity index (χ2v) is 6.16. The summed E-state index contributed by atoms with van der Waals surface area (Å²) in [7, 11) is 1.52. The number of para-hydroxylation sites is 1. The van der Waals surface area contributed by atoms with E-state index in [-0.39, 0.29) is 18.1 Å². The third kappa shape index (κ3) is 3.47. The normalized spacial score (nSPS) is 17.2. The lowest BCUT2D eigenvalue weighted by molar-refractivity contribution is 0.0542. The van der Waals surface area contributed by atoms with Gasteiger partial charge in [0.05, 0.1) is 17.8 Å². The van der Waals surface area contributed by atoms with E-state index in [0.717, 1.165) is 19.3 Å². The minimum atomic E-state index is -0.164. The number of hydrogen-bond acceptors (Lipinski definition) is 3. The zero-order valence-electron chi connectivity index (χ0n) is 13.1. The van der Waals surface area contributed by atoms with Gasteiger partial charge in [0.25, 0.3) is 0 Å². The van der Waals surface area contributed by atoms with Crippen molar-refractivity contribution in [3.8, 4) is 5.75 Å². The van der Waals surface area contributed by atoms with Crippen LogP contribution in [0.1, 0.15) is 26.2 Å². The van der Waals surface area contributed by atoms with Gasteiger partial charge in [0, 0.05) is 19.7 Å². The summed E-state index contributed by atoms with van der Waals surface area (Å²) in [4.78, 5) is 14.2. The number of nitrogens with one attached hydrogen (secondary N) is 1. The van der Waals surface area contributed by atoms with Crippen LogP contribution in [0.3, 0.4) is 0 Å². The maximum Gasteiger partial charge on any atom is 0.321 e. The average molecular weight is 327 g/mol. The highest BCUT2D eigenvalue weighted by molar-refractivity contribution is 6.32. The van der Waals surface area contributed by atoms with Crippen molar-refractivity contribution in [1.82, 2.24) is 4.90 Å². The number of aliphatic hydroxyl groups excluding tert-OH is 1. The molecule has 1 aromatic rings. The van der Waals surface area contributed by atoms with Crippen LogP contribution in [-0.4, -0.2) is 42.8 Å². The van der Waals surface area contributed by atoms with Crippen LogP contribution in [0, 0.1) is 5.41 Å². The molecule has 1 heterocycles. The number of anilines is 1. The van der Waals surface area contributed by atoms with Crippen molar-refractivity contribution in [3.05, 3.63) is 23.2 Å². The van der Waals surface area contributed by atoms with E-state index in [2.05, 4.69) is 12.2 Å². The fourth-order valence-corrected chi connectivity index (χ4v) is 3.07. The fraction of sp³-hybridized carbons (Fsp3) is 0.562. The van der Waals surface area contributed by atoms with Gasteiger partial charge < -0.3 is 20.1 Å². The Hall–Kier alpha value is -1.46. The lowest BCUT2D eigenvalue weighted by Crippen LogP contribution is -2.46. The topological polar surface area (TPSA) is 61.8 Å². The van der Waals surface area contributed by atoms with Crippen LogP contribution in [-0.2, 0) is 0 Å². The molecule has 1 fully saturated rings. The molecular formula is C16H23ClN2O3. The summed E-state index contributed by atoms with van der Waals surface area (Å²) in [5.41, 5.74) is 0.527. The molecule has 0 bridgehead atoms. The molecule has 0 atom stereocenters. The van der Waals surface area contributed by atoms with Gasteiger partial charge >= 0.3 is 6.03 Å². The highest BCUT2D eigenvalue weighted by atomic mass is 35.5. The highest BCUT2D eigenvalue weighted by Crippen LogP contribution is 2.35. The lowest BCUT2D eigenvalue weighted by Gasteiger charge is -2.40. The van der Waals surface area contributed by atoms with Crippen LogP contribution in [0.25, 0.3) is 0 Å². The molecule has 0 spiro atoms. The van der Waals surface area contributed by atoms with Crippen molar-refractivity contribution in [2.45, 2.75) is 26.2 Å². The number of methoxy groups -OCH3 is 1. The molecule has 0 radical (unpaired) electrons. The summed E-state index contributed by atoms with van der Waals surface area (Å²) in [6, 6.07) is 5.08. The summed E-state index contributed by atoms with van der Waals surface area (Å²) in [6.45, 7) is 3.55. The van der Waals surface area contributed by atoms with Crippen LogP contribution < -0.4 is 10.1 Å². The zero-order chi connectivity index (χ0) is 16.2. The van der Waals surface area contributed by atoms with E-state index in [1.54, 1.807) is 23.1 Å². The second-order valence-electron chi connectivity index (χ2n) is 5.75. The van der Waals surface area contributed by atoms with Crippen molar-refractivity contribution >= 4 is 23.3 Å². The molecule has 1 aromatic carbocycles. The molecule has 0 aliphatic carbocycles. The first-order valence-corrected chi connectivity index (χ1v) is 7.92. The summed E-state index contributed by atoms with van der Waals surface area (Å²) < 4.78 is 5.23. The minimum absolute atomic E-state index is 0.0372. The number of urea groups is 1. The van der Waals surface area contributed by atoms with Crippen LogP contribution in [0.15, 0.2) is 18.2 Å². The Kier molecular flexibility index (Phi) is 5.53. The van der Waals surface area contributed by atoms with Gasteiger partial charge in [-0.1, -0.05) is 24.6 Å². The Bertz CT molecular complexity index is 522. The van der Waals surface area contributed by atoms with Crippen LogP contribution in [0.2, 0.25) is 5.02 Å². The van der Waals surface area contributed by atoms with Gasteiger partial charge in [0.1, 0.15) is 0 Å². The van der Waals surface area contributed by atoms with Crippen LogP contribution >= 0.6 is 11.6 Å². The minimum Gasteiger partial charge on any atom is -0.493 e. The molecule has 122 valence electrons. The molecule has 1 aliphatic rings. The third-order valence-electron chi connectivity index (χ3n) is 4.61. The second kappa shape index (κ2) is 7.20. The maximum atomic E-state index is 12.4. The molecular weight excluding hydrogens is 304 g/mol. The number of halogens is 1. The highest BCUT2D eigenvalue weighted by Gasteiger charge is 2.34. The van der Waals surface area contributed by atoms with E-state index in [4.69, 9.17) is 16.3 Å². The number of hydrogen-bond donors (Lipinski definition) is 2. The van der Waals surface area contributed by atoms with Crippen molar-refractivity contribution in [1.29, 1.82) is 0 Å². The molecule has 2 amide bonds. The molecule has 0 unspecified atom stereocenters. The number of benzene rings is 1. The van der Waals surface area contributed by atoms with Gasteiger partial charge in [-0.05, 0) is 36.8 Å². The van der Waals surface area contributed by atoms with Gasteiger partial charge in [-0.2, -0.15) is 0 Å². The van der Waals surface area contributed by atoms with Crippen LogP contribution in [0.4, 0.5) is 10.5 Å². The predicted octanol–water partition coefficient (Wildman–Crippen LogP) is 3.37. The molecule has 1 aliphatic heterocycles. The van der Waals surface area contributed by atoms with E-state index in [9.17, 15) is 9.90 Å². The number of nitrogens with zero attached hydrogens (tertiary/aromatic N) is 1. The van der Waals surface area contributed by atoms with Crippen LogP contribution in [0.5, 0.6) is 5.75 Å². The van der Waals surface area contributed by atoms with E-state index in [1.807, 2.05) is 0 Å². The van der Waals surface area contributed by atoms with Crippen molar-refractivity contribution < 1.29 is 14.6 Å². The number of carbonyl (C=O) groups is 1. The zero-order valence-corrected chi connectivity index (χ0v) is 13.8. The van der Waals surface area contributed by atoms with Gasteiger partial charge in [-0.15, -0.1) is 0 Å². The van der Waals surface area contributed by atoms with E-state index >= 15 is 0 Å². The Morgan fingerprint density at radius 1 is 1.45 bits per heavy atom. The van der Waals surface area contributed by atoms with Crippen molar-refractivity contribution in [3.63, 3.8) is 0 Å². The smallest absolute Gasteiger partial charge is 0.321 e. The van der Waals surface area contributed by atoms with E-state index in [1.165, 1.54) is 7.11 Å². The first kappa shape index (κ1) is 16.9. The quantitative estimate of drug-likeness (QED) is 0.891. The fourth-order valence-electron chi connectivity index (χ4n) is 2.82. The van der Waals surface area contributed by atoms with Gasteiger partial charge in [0.2, 0.25) is 0 Å². The number of likely N-dealkylation sites (tertiary alicyclic amines) is 1. The lowest BCUT2D eigenvalue weighted by atomic mass is 9.77. The first-order chi connectivity index (χ1) is 10.5. The molecule has 0 saturated carbocycles. The summed E-state index contributed by atoms with van der Waals surface area (Å²) >= 11 is 6.06. The molecule has 2 N–H and O–H groups in total. The largest absolute Gasteiger partial charge is 0.493 e. The monoisotopic (exact) mass is 326 g/mol. The van der Waals surface area contributed by atoms with E-state index in [0.29, 0.717) is 29.5 Å². The summed E-state index contributed by atoms with van der Waals surface area (Å²) in [5, 5.41) is 12.9. The van der Waals surface area contributed by atoms with Gasteiger partial charge in [-0.3, -0.25) is 0 Å². The Morgan fingerprint density at radius 2 is 2.14 bits per heavy atom. The number of piperidine rings is 1. The Morgan fingerprint density at radius 3 is 2.68 bits per heavy atom. The van der Waals surface area contributed by atoms with Gasteiger partial charge in [0.15, 0.2) is 5.75 Å².